The fourth-order valence-corrected chi connectivity index (χ4v) is 2.36. The molecule has 96 valence electrons. The van der Waals surface area contributed by atoms with Gasteiger partial charge in [-0.3, -0.25) is 0 Å². The summed E-state index contributed by atoms with van der Waals surface area (Å²) in [6, 6.07) is 0. The molecule has 2 N–H and O–H groups in total. The minimum atomic E-state index is -0.201. The first-order valence-electron chi connectivity index (χ1n) is 6.87. The van der Waals surface area contributed by atoms with Crippen LogP contribution in [0.2, 0.25) is 0 Å². The number of likely N-dealkylation sites (tertiary alicyclic amines) is 1. The molecule has 16 heavy (non-hydrogen) atoms. The Bertz CT molecular complexity index is 165. The maximum Gasteiger partial charge on any atom is 0.0791 e. The van der Waals surface area contributed by atoms with E-state index in [0.29, 0.717) is 0 Å². The van der Waals surface area contributed by atoms with Gasteiger partial charge in [0.25, 0.3) is 0 Å². The van der Waals surface area contributed by atoms with Gasteiger partial charge in [-0.05, 0) is 38.4 Å². The van der Waals surface area contributed by atoms with Gasteiger partial charge in [0.05, 0.1) is 6.10 Å². The summed E-state index contributed by atoms with van der Waals surface area (Å²) in [5, 5.41) is 13.2. The molecule has 0 aliphatic carbocycles. The van der Waals surface area contributed by atoms with Gasteiger partial charge in [-0.1, -0.05) is 26.7 Å². The van der Waals surface area contributed by atoms with Crippen LogP contribution in [0.1, 0.15) is 39.5 Å². The van der Waals surface area contributed by atoms with Gasteiger partial charge in [0, 0.05) is 13.1 Å². The lowest BCUT2D eigenvalue weighted by Gasteiger charge is -2.20. The monoisotopic (exact) mass is 228 g/mol. The average molecular weight is 228 g/mol. The van der Waals surface area contributed by atoms with Crippen LogP contribution >= 0.6 is 0 Å². The first kappa shape index (κ1) is 13.9. The van der Waals surface area contributed by atoms with Crippen LogP contribution in [0.5, 0.6) is 0 Å². The highest BCUT2D eigenvalue weighted by molar-refractivity contribution is 4.72. The Labute approximate surface area is 100 Å². The standard InChI is InChI=1S/C13H28N2O/c1-3-12(4-2)9-14-10-13(16)11-15-7-5-6-8-15/h12-14,16H,3-11H2,1-2H3. The number of nitrogens with zero attached hydrogens (tertiary/aromatic N) is 1. The van der Waals surface area contributed by atoms with E-state index < -0.39 is 0 Å². The first-order chi connectivity index (χ1) is 7.76. The zero-order valence-corrected chi connectivity index (χ0v) is 10.9. The number of hydrogen-bond acceptors (Lipinski definition) is 3. The molecule has 1 atom stereocenters. The van der Waals surface area contributed by atoms with Gasteiger partial charge < -0.3 is 15.3 Å². The largest absolute Gasteiger partial charge is 0.390 e. The average Bonchev–Trinajstić information content (AvgIpc) is 2.77. The predicted octanol–water partition coefficient (Wildman–Crippen LogP) is 1.47. The molecule has 3 heteroatoms. The van der Waals surface area contributed by atoms with Crippen molar-refractivity contribution in [1.29, 1.82) is 0 Å². The lowest BCUT2D eigenvalue weighted by Crippen LogP contribution is -2.38. The topological polar surface area (TPSA) is 35.5 Å². The molecule has 0 aromatic carbocycles. The number of hydrogen-bond donors (Lipinski definition) is 2. The molecular formula is C13H28N2O. The van der Waals surface area contributed by atoms with E-state index >= 15 is 0 Å². The van der Waals surface area contributed by atoms with Crippen molar-refractivity contribution in [2.45, 2.75) is 45.6 Å². The second-order valence-electron chi connectivity index (χ2n) is 5.00. The molecule has 0 radical (unpaired) electrons. The second kappa shape index (κ2) is 8.04. The molecule has 0 aromatic rings. The van der Waals surface area contributed by atoms with Crippen LogP contribution in [-0.2, 0) is 0 Å². The van der Waals surface area contributed by atoms with E-state index in [1.54, 1.807) is 0 Å². The maximum atomic E-state index is 9.86. The van der Waals surface area contributed by atoms with E-state index in [9.17, 15) is 5.11 Å². The second-order valence-corrected chi connectivity index (χ2v) is 5.00. The van der Waals surface area contributed by atoms with Gasteiger partial charge in [0.2, 0.25) is 0 Å². The number of aliphatic hydroxyl groups excluding tert-OH is 1. The van der Waals surface area contributed by atoms with Crippen LogP contribution in [0.4, 0.5) is 0 Å². The zero-order chi connectivity index (χ0) is 11.8. The van der Waals surface area contributed by atoms with Crippen molar-refractivity contribution in [2.75, 3.05) is 32.7 Å². The molecule has 3 nitrogen and oxygen atoms in total. The van der Waals surface area contributed by atoms with Crippen LogP contribution in [-0.4, -0.2) is 48.8 Å². The molecule has 0 amide bonds. The summed E-state index contributed by atoms with van der Waals surface area (Å²) in [4.78, 5) is 2.36. The van der Waals surface area contributed by atoms with Crippen molar-refractivity contribution in [3.63, 3.8) is 0 Å². The van der Waals surface area contributed by atoms with Crippen molar-refractivity contribution in [2.24, 2.45) is 5.92 Å². The van der Waals surface area contributed by atoms with Gasteiger partial charge in [0.15, 0.2) is 0 Å². The molecule has 1 unspecified atom stereocenters. The van der Waals surface area contributed by atoms with Crippen LogP contribution in [0.15, 0.2) is 0 Å². The quantitative estimate of drug-likeness (QED) is 0.660. The summed E-state index contributed by atoms with van der Waals surface area (Å²) in [6.07, 6.45) is 4.85. The predicted molar refractivity (Wildman–Crippen MR) is 68.6 cm³/mol. The highest BCUT2D eigenvalue weighted by atomic mass is 16.3. The molecule has 1 fully saturated rings. The first-order valence-corrected chi connectivity index (χ1v) is 6.87. The smallest absolute Gasteiger partial charge is 0.0791 e. The van der Waals surface area contributed by atoms with Crippen molar-refractivity contribution in [3.05, 3.63) is 0 Å². The third-order valence-electron chi connectivity index (χ3n) is 3.64. The molecule has 0 bridgehead atoms. The number of β-amino-alcohol motifs (C(OH)–C–C–N with tert-alkyl or cyclic N) is 1. The minimum Gasteiger partial charge on any atom is -0.390 e. The fraction of sp³-hybridized carbons (Fsp3) is 1.00. The summed E-state index contributed by atoms with van der Waals surface area (Å²) in [5.74, 6) is 0.763. The highest BCUT2D eigenvalue weighted by Crippen LogP contribution is 2.08. The van der Waals surface area contributed by atoms with E-state index in [0.717, 1.165) is 25.6 Å². The Morgan fingerprint density at radius 3 is 2.31 bits per heavy atom. The van der Waals surface area contributed by atoms with E-state index in [2.05, 4.69) is 24.1 Å². The van der Waals surface area contributed by atoms with Crippen molar-refractivity contribution in [3.8, 4) is 0 Å². The zero-order valence-electron chi connectivity index (χ0n) is 10.9. The summed E-state index contributed by atoms with van der Waals surface area (Å²) >= 11 is 0. The number of aliphatic hydroxyl groups is 1. The number of rotatable bonds is 8. The van der Waals surface area contributed by atoms with Crippen molar-refractivity contribution >= 4 is 0 Å². The normalized spacial score (nSPS) is 19.5. The molecule has 0 spiro atoms. The van der Waals surface area contributed by atoms with E-state index in [1.165, 1.54) is 38.8 Å². The molecule has 0 aromatic heterocycles. The van der Waals surface area contributed by atoms with E-state index in [-0.39, 0.29) is 6.10 Å². The third-order valence-corrected chi connectivity index (χ3v) is 3.64. The van der Waals surface area contributed by atoms with Crippen LogP contribution < -0.4 is 5.32 Å². The highest BCUT2D eigenvalue weighted by Gasteiger charge is 2.15. The molecular weight excluding hydrogens is 200 g/mol. The minimum absolute atomic E-state index is 0.201. The summed E-state index contributed by atoms with van der Waals surface area (Å²) < 4.78 is 0. The Morgan fingerprint density at radius 1 is 1.12 bits per heavy atom. The fourth-order valence-electron chi connectivity index (χ4n) is 2.36. The van der Waals surface area contributed by atoms with E-state index in [1.807, 2.05) is 0 Å². The Morgan fingerprint density at radius 2 is 1.75 bits per heavy atom. The third kappa shape index (κ3) is 5.28. The van der Waals surface area contributed by atoms with Crippen LogP contribution in [0.3, 0.4) is 0 Å². The Hall–Kier alpha value is -0.120. The van der Waals surface area contributed by atoms with Gasteiger partial charge >= 0.3 is 0 Å². The van der Waals surface area contributed by atoms with Crippen LogP contribution in [0, 0.1) is 5.92 Å². The lowest BCUT2D eigenvalue weighted by atomic mass is 10.0. The lowest BCUT2D eigenvalue weighted by molar-refractivity contribution is 0.122. The maximum absolute atomic E-state index is 9.86. The van der Waals surface area contributed by atoms with Gasteiger partial charge in [-0.15, -0.1) is 0 Å². The SMILES string of the molecule is CCC(CC)CNCC(O)CN1CCCC1. The van der Waals surface area contributed by atoms with Gasteiger partial charge in [-0.2, -0.15) is 0 Å². The van der Waals surface area contributed by atoms with Crippen LogP contribution in [0.25, 0.3) is 0 Å². The molecule has 0 saturated carbocycles. The van der Waals surface area contributed by atoms with Gasteiger partial charge in [0.1, 0.15) is 0 Å². The summed E-state index contributed by atoms with van der Waals surface area (Å²) in [5.41, 5.74) is 0. The molecule has 1 aliphatic heterocycles. The Kier molecular flexibility index (Phi) is 7.01. The summed E-state index contributed by atoms with van der Waals surface area (Å²) in [7, 11) is 0. The van der Waals surface area contributed by atoms with Crippen molar-refractivity contribution < 1.29 is 5.11 Å². The molecule has 1 aliphatic rings. The van der Waals surface area contributed by atoms with Gasteiger partial charge in [-0.25, -0.2) is 0 Å². The molecule has 1 heterocycles. The Balaban J connectivity index is 2.02. The number of nitrogens with one attached hydrogen (secondary N) is 1. The summed E-state index contributed by atoms with van der Waals surface area (Å²) in [6.45, 7) is 9.44. The van der Waals surface area contributed by atoms with E-state index in [4.69, 9.17) is 0 Å². The molecule has 1 saturated heterocycles. The van der Waals surface area contributed by atoms with Crippen molar-refractivity contribution in [1.82, 2.24) is 10.2 Å². The molecule has 1 rings (SSSR count).